The van der Waals surface area contributed by atoms with Gasteiger partial charge in [0, 0.05) is 31.0 Å². The number of aryl methyl sites for hydroxylation is 1. The smallest absolute Gasteiger partial charge is 0.351 e. The lowest BCUT2D eigenvalue weighted by Gasteiger charge is -2.22. The van der Waals surface area contributed by atoms with Crippen molar-refractivity contribution in [2.24, 2.45) is 7.05 Å². The van der Waals surface area contributed by atoms with E-state index in [-0.39, 0.29) is 42.2 Å². The van der Waals surface area contributed by atoms with Crippen molar-refractivity contribution in [2.45, 2.75) is 51.0 Å². The maximum Gasteiger partial charge on any atom is 0.351 e. The Balaban J connectivity index is 1.52. The molecule has 4 rings (SSSR count). The zero-order valence-corrected chi connectivity index (χ0v) is 18.3. The van der Waals surface area contributed by atoms with Crippen LogP contribution in [-0.4, -0.2) is 36.4 Å². The van der Waals surface area contributed by atoms with Gasteiger partial charge in [0.15, 0.2) is 5.69 Å². The average Bonchev–Trinajstić information content (AvgIpc) is 3.27. The molecule has 3 aromatic rings. The molecule has 1 N–H and O–H groups in total. The summed E-state index contributed by atoms with van der Waals surface area (Å²) in [6.07, 6.45) is 5.95. The summed E-state index contributed by atoms with van der Waals surface area (Å²) in [5, 5.41) is 11.5. The van der Waals surface area contributed by atoms with Crippen LogP contribution in [0, 0.1) is 0 Å². The molecular weight excluding hydrogens is 436 g/mol. The van der Waals surface area contributed by atoms with Crippen molar-refractivity contribution in [2.75, 3.05) is 0 Å². The van der Waals surface area contributed by atoms with E-state index in [9.17, 15) is 14.4 Å². The molecule has 1 aromatic carbocycles. The zero-order chi connectivity index (χ0) is 22.7. The number of hydrogen-bond donors (Lipinski definition) is 1. The first-order chi connectivity index (χ1) is 15.4. The van der Waals surface area contributed by atoms with Gasteiger partial charge < -0.3 is 9.84 Å². The maximum atomic E-state index is 12.6. The van der Waals surface area contributed by atoms with E-state index in [2.05, 4.69) is 20.6 Å². The molecule has 168 valence electrons. The summed E-state index contributed by atoms with van der Waals surface area (Å²) in [5.41, 5.74) is -0.977. The van der Waals surface area contributed by atoms with Crippen LogP contribution in [-0.2, 0) is 18.3 Å². The van der Waals surface area contributed by atoms with Gasteiger partial charge in [-0.15, -0.1) is 0 Å². The van der Waals surface area contributed by atoms with E-state index < -0.39 is 11.2 Å². The molecule has 2 heterocycles. The molecule has 0 bridgehead atoms. The minimum absolute atomic E-state index is 0.0454. The second-order valence-corrected chi connectivity index (χ2v) is 8.23. The van der Waals surface area contributed by atoms with Crippen molar-refractivity contribution in [3.05, 3.63) is 56.0 Å². The Hall–Kier alpha value is -3.27. The molecule has 11 heteroatoms. The highest BCUT2D eigenvalue weighted by Gasteiger charge is 2.20. The molecule has 1 aliphatic rings. The van der Waals surface area contributed by atoms with Gasteiger partial charge in [0.05, 0.1) is 5.69 Å². The third-order valence-corrected chi connectivity index (χ3v) is 5.71. The summed E-state index contributed by atoms with van der Waals surface area (Å²) in [6, 6.07) is 6.67. The molecule has 0 radical (unpaired) electrons. The Morgan fingerprint density at radius 3 is 2.62 bits per heavy atom. The van der Waals surface area contributed by atoms with E-state index in [1.165, 1.54) is 13.5 Å². The van der Waals surface area contributed by atoms with E-state index in [0.29, 0.717) is 10.7 Å². The molecule has 32 heavy (non-hydrogen) atoms. The van der Waals surface area contributed by atoms with Crippen molar-refractivity contribution in [1.82, 2.24) is 29.8 Å². The van der Waals surface area contributed by atoms with Crippen LogP contribution in [0.1, 0.15) is 44.4 Å². The van der Waals surface area contributed by atoms with E-state index >= 15 is 0 Å². The largest absolute Gasteiger partial charge is 0.353 e. The Kier molecular flexibility index (Phi) is 6.50. The zero-order valence-electron chi connectivity index (χ0n) is 17.6. The van der Waals surface area contributed by atoms with Crippen LogP contribution in [0.4, 0.5) is 0 Å². The van der Waals surface area contributed by atoms with Crippen LogP contribution in [0.3, 0.4) is 0 Å². The van der Waals surface area contributed by atoms with Crippen molar-refractivity contribution in [1.29, 1.82) is 0 Å². The lowest BCUT2D eigenvalue weighted by molar-refractivity contribution is -0.122. The fourth-order valence-electron chi connectivity index (χ4n) is 3.68. The summed E-state index contributed by atoms with van der Waals surface area (Å²) in [5.74, 6) is 0.102. The number of carbonyl (C=O) groups is 1. The monoisotopic (exact) mass is 458 g/mol. The number of aromatic nitrogens is 5. The minimum atomic E-state index is -0.650. The normalized spacial score (nSPS) is 14.4. The quantitative estimate of drug-likeness (QED) is 0.598. The molecule has 0 aliphatic heterocycles. The number of carbonyl (C=O) groups excluding carboxylic acids is 1. The number of nitrogens with zero attached hydrogens (tertiary/aromatic N) is 5. The van der Waals surface area contributed by atoms with Gasteiger partial charge in [0.25, 0.3) is 5.56 Å². The number of hydrogen-bond acceptors (Lipinski definition) is 7. The Bertz CT molecular complexity index is 1220. The molecule has 0 unspecified atom stereocenters. The topological polar surface area (TPSA) is 125 Å². The Morgan fingerprint density at radius 2 is 1.91 bits per heavy atom. The summed E-state index contributed by atoms with van der Waals surface area (Å²) in [4.78, 5) is 41.5. The first kappa shape index (κ1) is 21.9. The lowest BCUT2D eigenvalue weighted by Crippen LogP contribution is -2.40. The predicted molar refractivity (Wildman–Crippen MR) is 117 cm³/mol. The molecule has 10 nitrogen and oxygen atoms in total. The molecule has 2 aromatic heterocycles. The highest BCUT2D eigenvalue weighted by atomic mass is 35.5. The number of nitrogens with one attached hydrogen (secondary N) is 1. The third kappa shape index (κ3) is 4.80. The summed E-state index contributed by atoms with van der Waals surface area (Å²) in [6.45, 7) is 0. The number of halogens is 1. The highest BCUT2D eigenvalue weighted by Crippen LogP contribution is 2.18. The summed E-state index contributed by atoms with van der Waals surface area (Å²) < 4.78 is 7.20. The summed E-state index contributed by atoms with van der Waals surface area (Å²) in [7, 11) is 1.35. The predicted octanol–water partition coefficient (Wildman–Crippen LogP) is 2.02. The van der Waals surface area contributed by atoms with Crippen LogP contribution in [0.25, 0.3) is 17.2 Å². The minimum Gasteiger partial charge on any atom is -0.353 e. The van der Waals surface area contributed by atoms with E-state index in [1.54, 1.807) is 24.3 Å². The molecule has 1 fully saturated rings. The summed E-state index contributed by atoms with van der Waals surface area (Å²) >= 11 is 5.91. The number of amides is 1. The molecule has 0 spiro atoms. The van der Waals surface area contributed by atoms with Gasteiger partial charge in [0.1, 0.15) is 0 Å². The van der Waals surface area contributed by atoms with Gasteiger partial charge in [-0.25, -0.2) is 4.79 Å². The molecule has 1 amide bonds. The SMILES string of the molecule is Cn1c(=O)c(-c2noc(CCC(=O)NC3CCCCC3)n2)nn(-c2ccc(Cl)cc2)c1=O. The van der Waals surface area contributed by atoms with E-state index in [1.807, 2.05) is 0 Å². The van der Waals surface area contributed by atoms with Crippen LogP contribution < -0.4 is 16.6 Å². The third-order valence-electron chi connectivity index (χ3n) is 5.46. The molecular formula is C21H23ClN6O4. The van der Waals surface area contributed by atoms with Gasteiger partial charge >= 0.3 is 5.69 Å². The second-order valence-electron chi connectivity index (χ2n) is 7.80. The average molecular weight is 459 g/mol. The molecule has 1 saturated carbocycles. The molecule has 0 atom stereocenters. The highest BCUT2D eigenvalue weighted by molar-refractivity contribution is 6.30. The van der Waals surface area contributed by atoms with Gasteiger partial charge in [-0.2, -0.15) is 14.8 Å². The Labute approximate surface area is 188 Å². The van der Waals surface area contributed by atoms with E-state index in [4.69, 9.17) is 16.1 Å². The lowest BCUT2D eigenvalue weighted by atomic mass is 9.95. The van der Waals surface area contributed by atoms with Gasteiger partial charge in [0.2, 0.25) is 17.6 Å². The molecule has 1 aliphatic carbocycles. The van der Waals surface area contributed by atoms with Gasteiger partial charge in [-0.05, 0) is 37.1 Å². The van der Waals surface area contributed by atoms with Crippen LogP contribution in [0.5, 0.6) is 0 Å². The molecule has 0 saturated heterocycles. The maximum absolute atomic E-state index is 12.6. The fraction of sp³-hybridized carbons (Fsp3) is 0.429. The first-order valence-electron chi connectivity index (χ1n) is 10.5. The van der Waals surface area contributed by atoms with Gasteiger partial charge in [-0.3, -0.25) is 14.2 Å². The van der Waals surface area contributed by atoms with Crippen molar-refractivity contribution < 1.29 is 9.32 Å². The van der Waals surface area contributed by atoms with Crippen molar-refractivity contribution in [3.63, 3.8) is 0 Å². The second kappa shape index (κ2) is 9.47. The van der Waals surface area contributed by atoms with Crippen LogP contribution >= 0.6 is 11.6 Å². The van der Waals surface area contributed by atoms with Crippen LogP contribution in [0.15, 0.2) is 38.4 Å². The van der Waals surface area contributed by atoms with E-state index in [0.717, 1.165) is 34.9 Å². The fourth-order valence-corrected chi connectivity index (χ4v) is 3.81. The van der Waals surface area contributed by atoms with Crippen molar-refractivity contribution in [3.8, 4) is 17.2 Å². The standard InChI is InChI=1S/C21H23ClN6O4/c1-27-20(30)18(25-28(21(27)31)15-9-7-13(22)8-10-15)19-24-17(32-26-19)12-11-16(29)23-14-5-3-2-4-6-14/h7-10,14H,2-6,11-12H2,1H3,(H,23,29). The van der Waals surface area contributed by atoms with Crippen molar-refractivity contribution >= 4 is 17.5 Å². The number of benzene rings is 1. The first-order valence-corrected chi connectivity index (χ1v) is 10.9. The Morgan fingerprint density at radius 1 is 1.19 bits per heavy atom. The number of rotatable bonds is 6. The van der Waals surface area contributed by atoms with Crippen LogP contribution in [0.2, 0.25) is 5.02 Å². The van der Waals surface area contributed by atoms with Gasteiger partial charge in [-0.1, -0.05) is 36.0 Å².